The second-order valence-corrected chi connectivity index (χ2v) is 3.88. The summed E-state index contributed by atoms with van der Waals surface area (Å²) in [6.45, 7) is 0. The molecule has 0 spiro atoms. The molecule has 0 heterocycles. The van der Waals surface area contributed by atoms with Crippen LogP contribution in [0, 0.1) is 20.2 Å². The first-order valence-corrected chi connectivity index (χ1v) is 5.25. The highest BCUT2D eigenvalue weighted by Crippen LogP contribution is 2.21. The molecule has 0 atom stereocenters. The number of rotatable bonds is 6. The van der Waals surface area contributed by atoms with Crippen molar-refractivity contribution in [2.45, 2.75) is 24.8 Å². The van der Waals surface area contributed by atoms with Crippen molar-refractivity contribution in [3.05, 3.63) is 20.2 Å². The van der Waals surface area contributed by atoms with E-state index in [0.29, 0.717) is 0 Å². The lowest BCUT2D eigenvalue weighted by Crippen LogP contribution is -2.41. The van der Waals surface area contributed by atoms with Gasteiger partial charge in [0.15, 0.2) is 0 Å². The maximum absolute atomic E-state index is 12.9. The maximum atomic E-state index is 12.9. The molecule has 0 bridgehead atoms. The van der Waals surface area contributed by atoms with Crippen LogP contribution >= 0.6 is 0 Å². The summed E-state index contributed by atoms with van der Waals surface area (Å²) in [4.78, 5) is 16.5. The molecule has 0 aromatic rings. The van der Waals surface area contributed by atoms with Gasteiger partial charge >= 0.3 is 15.4 Å². The number of halogens is 3. The molecule has 0 radical (unpaired) electrons. The lowest BCUT2D eigenvalue weighted by atomic mass is 10.2. The summed E-state index contributed by atoms with van der Waals surface area (Å²) >= 11 is 0. The zero-order chi connectivity index (χ0) is 11.4. The summed E-state index contributed by atoms with van der Waals surface area (Å²) in [6, 6.07) is -0.659. The quantitative estimate of drug-likeness (QED) is 0.171. The molecule has 0 saturated carbocycles. The predicted octanol–water partition coefficient (Wildman–Crippen LogP) is 1.10. The van der Waals surface area contributed by atoms with Crippen LogP contribution in [-0.2, 0) is 0 Å². The molecule has 0 fully saturated rings. The van der Waals surface area contributed by atoms with E-state index in [1.807, 2.05) is 0 Å². The Kier molecular flexibility index (Phi) is 4.47. The Morgan fingerprint density at radius 1 is 1.21 bits per heavy atom. The Morgan fingerprint density at radius 3 is 1.93 bits per heavy atom. The lowest BCUT2D eigenvalue weighted by Gasteiger charge is -2.06. The van der Waals surface area contributed by atoms with E-state index in [9.17, 15) is 32.8 Å². The minimum absolute atomic E-state index is 0.553. The molecular formula is C4H7F3N2O4Si. The molecule has 0 aromatic heterocycles. The highest BCUT2D eigenvalue weighted by molar-refractivity contribution is 6.42. The van der Waals surface area contributed by atoms with Crippen LogP contribution in [0.2, 0.25) is 6.04 Å². The third-order valence-corrected chi connectivity index (χ3v) is 2.32. The van der Waals surface area contributed by atoms with Gasteiger partial charge in [0.1, 0.15) is 16.3 Å². The van der Waals surface area contributed by atoms with Crippen molar-refractivity contribution >= 4 is 9.46 Å². The zero-order valence-corrected chi connectivity index (χ0v) is 8.01. The Bertz CT molecular complexity index is 225. The van der Waals surface area contributed by atoms with Gasteiger partial charge in [0.2, 0.25) is 0 Å². The zero-order valence-electron chi connectivity index (χ0n) is 6.86. The van der Waals surface area contributed by atoms with Crippen molar-refractivity contribution in [1.29, 1.82) is 0 Å². The van der Waals surface area contributed by atoms with Crippen LogP contribution in [0.15, 0.2) is 0 Å². The van der Waals surface area contributed by atoms with Crippen LogP contribution in [-0.4, -0.2) is 25.2 Å². The van der Waals surface area contributed by atoms with E-state index in [4.69, 9.17) is 0 Å². The molecule has 0 aliphatic heterocycles. The van der Waals surface area contributed by atoms with Crippen LogP contribution in [0.25, 0.3) is 0 Å². The first-order chi connectivity index (χ1) is 6.30. The summed E-state index contributed by atoms with van der Waals surface area (Å²) in [5.74, 6) is -3.83. The van der Waals surface area contributed by atoms with E-state index in [0.717, 1.165) is 0 Å². The van der Waals surface area contributed by atoms with Crippen LogP contribution < -0.4 is 0 Å². The third kappa shape index (κ3) is 3.28. The first kappa shape index (κ1) is 12.8. The Morgan fingerprint density at radius 2 is 1.64 bits per heavy atom. The van der Waals surface area contributed by atoms with Gasteiger partial charge in [-0.3, -0.25) is 28.4 Å². The molecule has 14 heavy (non-hydrogen) atoms. The van der Waals surface area contributed by atoms with E-state index >= 15 is 0 Å². The van der Waals surface area contributed by atoms with Crippen molar-refractivity contribution in [2.24, 2.45) is 0 Å². The van der Waals surface area contributed by atoms with Gasteiger partial charge in [-0.25, -0.2) is 0 Å². The van der Waals surface area contributed by atoms with Gasteiger partial charge in [0.25, 0.3) is 0 Å². The van der Waals surface area contributed by atoms with Gasteiger partial charge in [-0.15, -0.1) is 0 Å². The normalized spacial score (nSPS) is 11.7. The van der Waals surface area contributed by atoms with Gasteiger partial charge in [-0.1, -0.05) is 4.39 Å². The molecule has 0 saturated heterocycles. The second kappa shape index (κ2) is 4.88. The van der Waals surface area contributed by atoms with Gasteiger partial charge in [-0.2, -0.15) is 0 Å². The minimum Gasteiger partial charge on any atom is -0.275 e. The lowest BCUT2D eigenvalue weighted by molar-refractivity contribution is -0.832. The van der Waals surface area contributed by atoms with E-state index in [2.05, 4.69) is 0 Å². The summed E-state index contributed by atoms with van der Waals surface area (Å²) in [5.41, 5.74) is 0. The molecule has 0 aromatic carbocycles. The third-order valence-electron chi connectivity index (χ3n) is 1.48. The second-order valence-electron chi connectivity index (χ2n) is 2.52. The molecule has 0 unspecified atom stereocenters. The first-order valence-electron chi connectivity index (χ1n) is 3.56. The highest BCUT2D eigenvalue weighted by Gasteiger charge is 2.56. The SMILES string of the molecule is O=[N+]([O-])C(F)(CCC[SiH](F)F)[N+](=O)[O-]. The molecule has 82 valence electrons. The van der Waals surface area contributed by atoms with E-state index in [-0.39, 0.29) is 0 Å². The molecular weight excluding hydrogens is 225 g/mol. The Balaban J connectivity index is 4.26. The van der Waals surface area contributed by atoms with Crippen LogP contribution in [0.4, 0.5) is 12.6 Å². The number of alkyl halides is 1. The fourth-order valence-corrected chi connectivity index (χ4v) is 1.24. The summed E-state index contributed by atoms with van der Waals surface area (Å²) in [5, 5.41) is 19.9. The van der Waals surface area contributed by atoms with E-state index in [1.165, 1.54) is 0 Å². The van der Waals surface area contributed by atoms with Crippen molar-refractivity contribution in [3.8, 4) is 0 Å². The summed E-state index contributed by atoms with van der Waals surface area (Å²) in [6.07, 6.45) is -1.67. The van der Waals surface area contributed by atoms with Crippen molar-refractivity contribution < 1.29 is 22.5 Å². The molecule has 0 N–H and O–H groups in total. The van der Waals surface area contributed by atoms with Crippen molar-refractivity contribution in [1.82, 2.24) is 0 Å². The highest BCUT2D eigenvalue weighted by atomic mass is 28.4. The monoisotopic (exact) mass is 232 g/mol. The van der Waals surface area contributed by atoms with Crippen LogP contribution in [0.5, 0.6) is 0 Å². The van der Waals surface area contributed by atoms with E-state index < -0.39 is 44.1 Å². The smallest absolute Gasteiger partial charge is 0.275 e. The minimum atomic E-state index is -3.93. The van der Waals surface area contributed by atoms with Crippen LogP contribution in [0.3, 0.4) is 0 Å². The van der Waals surface area contributed by atoms with Gasteiger partial charge in [-0.05, 0) is 12.5 Å². The molecule has 6 nitrogen and oxygen atoms in total. The standard InChI is InChI=1S/C4H7F3N2O4Si/c5-4(8(10)11,9(12)13)2-1-3-14(6)7/h14H,1-3H2. The number of nitro groups is 2. The van der Waals surface area contributed by atoms with Crippen molar-refractivity contribution in [3.63, 3.8) is 0 Å². The van der Waals surface area contributed by atoms with Gasteiger partial charge in [0, 0.05) is 0 Å². The summed E-state index contributed by atoms with van der Waals surface area (Å²) in [7, 11) is -3.93. The van der Waals surface area contributed by atoms with Gasteiger partial charge < -0.3 is 0 Å². The van der Waals surface area contributed by atoms with E-state index in [1.54, 1.807) is 0 Å². The molecule has 0 rings (SSSR count). The topological polar surface area (TPSA) is 86.3 Å². The predicted molar refractivity (Wildman–Crippen MR) is 41.2 cm³/mol. The van der Waals surface area contributed by atoms with Crippen molar-refractivity contribution in [2.75, 3.05) is 0 Å². The number of nitrogens with zero attached hydrogens (tertiary/aromatic N) is 2. The van der Waals surface area contributed by atoms with Crippen LogP contribution in [0.1, 0.15) is 12.8 Å². The fourth-order valence-electron chi connectivity index (χ4n) is 0.731. The largest absolute Gasteiger partial charge is 0.613 e. The molecule has 0 amide bonds. The summed E-state index contributed by atoms with van der Waals surface area (Å²) < 4.78 is 36.2. The average Bonchev–Trinajstić information content (AvgIpc) is 2.02. The number of hydrogen-bond acceptors (Lipinski definition) is 4. The maximum Gasteiger partial charge on any atom is 0.613 e. The molecule has 0 aliphatic carbocycles. The number of hydrogen-bond donors (Lipinski definition) is 0. The van der Waals surface area contributed by atoms with Gasteiger partial charge in [0.05, 0.1) is 0 Å². The Labute approximate surface area is 78.0 Å². The fraction of sp³-hybridized carbons (Fsp3) is 1.00. The Hall–Kier alpha value is -1.19. The molecule has 0 aliphatic rings. The average molecular weight is 232 g/mol. The molecule has 10 heteroatoms.